The first-order valence-corrected chi connectivity index (χ1v) is 5.27. The number of hydrogen-bond acceptors (Lipinski definition) is 4. The highest BCUT2D eigenvalue weighted by Gasteiger charge is 2.32. The number of carbonyl (C=O) groups is 2. The van der Waals surface area contributed by atoms with E-state index in [1.165, 1.54) is 14.0 Å². The maximum Gasteiger partial charge on any atom is 0.308 e. The topological polar surface area (TPSA) is 52.6 Å². The zero-order valence-electron chi connectivity index (χ0n) is 9.49. The van der Waals surface area contributed by atoms with Gasteiger partial charge in [-0.25, -0.2) is 0 Å². The Kier molecular flexibility index (Phi) is 4.27. The van der Waals surface area contributed by atoms with Gasteiger partial charge in [-0.1, -0.05) is 6.92 Å². The van der Waals surface area contributed by atoms with E-state index in [1.807, 2.05) is 6.92 Å². The highest BCUT2D eigenvalue weighted by atomic mass is 16.5. The lowest BCUT2D eigenvalue weighted by molar-refractivity contribution is -0.155. The van der Waals surface area contributed by atoms with Gasteiger partial charge < -0.3 is 9.47 Å². The predicted octanol–water partition coefficient (Wildman–Crippen LogP) is 1.32. The minimum atomic E-state index is -0.353. The average molecular weight is 214 g/mol. The van der Waals surface area contributed by atoms with Gasteiger partial charge in [0.15, 0.2) is 5.78 Å². The zero-order chi connectivity index (χ0) is 11.4. The van der Waals surface area contributed by atoms with Crippen molar-refractivity contribution in [1.29, 1.82) is 0 Å². The van der Waals surface area contributed by atoms with Gasteiger partial charge in [-0.15, -0.1) is 0 Å². The molecule has 4 heteroatoms. The summed E-state index contributed by atoms with van der Waals surface area (Å²) in [6, 6.07) is 0. The molecule has 1 saturated heterocycles. The van der Waals surface area contributed by atoms with Crippen LogP contribution >= 0.6 is 0 Å². The van der Waals surface area contributed by atoms with Gasteiger partial charge in [-0.2, -0.15) is 0 Å². The molecule has 0 aliphatic carbocycles. The molecule has 1 fully saturated rings. The quantitative estimate of drug-likeness (QED) is 0.665. The Morgan fingerprint density at radius 2 is 2.07 bits per heavy atom. The normalized spacial score (nSPS) is 31.0. The van der Waals surface area contributed by atoms with Crippen molar-refractivity contribution in [3.8, 4) is 0 Å². The average Bonchev–Trinajstić information content (AvgIpc) is 2.20. The van der Waals surface area contributed by atoms with Gasteiger partial charge in [0.25, 0.3) is 0 Å². The third-order valence-corrected chi connectivity index (χ3v) is 2.82. The van der Waals surface area contributed by atoms with Crippen LogP contribution in [0.1, 0.15) is 33.1 Å². The predicted molar refractivity (Wildman–Crippen MR) is 54.4 cm³/mol. The van der Waals surface area contributed by atoms with Crippen molar-refractivity contribution in [2.75, 3.05) is 7.11 Å². The number of methoxy groups -OCH3 is 1. The molecule has 86 valence electrons. The molecule has 0 N–H and O–H groups in total. The number of carbonyl (C=O) groups excluding carboxylic acids is 2. The Morgan fingerprint density at radius 1 is 1.40 bits per heavy atom. The third kappa shape index (κ3) is 3.30. The summed E-state index contributed by atoms with van der Waals surface area (Å²) >= 11 is 0. The Morgan fingerprint density at radius 3 is 2.60 bits per heavy atom. The number of rotatable bonds is 3. The summed E-state index contributed by atoms with van der Waals surface area (Å²) in [5.74, 6) is 0.00492. The molecule has 0 bridgehead atoms. The first-order valence-electron chi connectivity index (χ1n) is 5.27. The summed E-state index contributed by atoms with van der Waals surface area (Å²) in [7, 11) is 1.36. The van der Waals surface area contributed by atoms with E-state index in [4.69, 9.17) is 4.74 Å². The smallest absolute Gasteiger partial charge is 0.308 e. The van der Waals surface area contributed by atoms with E-state index < -0.39 is 0 Å². The van der Waals surface area contributed by atoms with Crippen LogP contribution in [-0.2, 0) is 19.1 Å². The van der Waals surface area contributed by atoms with Crippen molar-refractivity contribution in [2.24, 2.45) is 5.92 Å². The number of hydrogen-bond donors (Lipinski definition) is 0. The minimum absolute atomic E-state index is 0.0389. The molecule has 0 saturated carbocycles. The zero-order valence-corrected chi connectivity index (χ0v) is 9.49. The molecule has 0 amide bonds. The van der Waals surface area contributed by atoms with Crippen molar-refractivity contribution < 1.29 is 19.1 Å². The molecular formula is C11H18O4. The van der Waals surface area contributed by atoms with Gasteiger partial charge in [-0.3, -0.25) is 9.59 Å². The van der Waals surface area contributed by atoms with Gasteiger partial charge in [0.1, 0.15) is 6.10 Å². The first kappa shape index (κ1) is 12.2. The maximum absolute atomic E-state index is 11.3. The van der Waals surface area contributed by atoms with Gasteiger partial charge in [-0.05, 0) is 25.7 Å². The van der Waals surface area contributed by atoms with Gasteiger partial charge in [0, 0.05) is 0 Å². The summed E-state index contributed by atoms with van der Waals surface area (Å²) in [4.78, 5) is 22.3. The lowest BCUT2D eigenvalue weighted by Gasteiger charge is -2.32. The summed E-state index contributed by atoms with van der Waals surface area (Å²) in [6.07, 6.45) is 1.47. The van der Waals surface area contributed by atoms with Crippen molar-refractivity contribution in [1.82, 2.24) is 0 Å². The monoisotopic (exact) mass is 214 g/mol. The molecule has 0 aromatic rings. The van der Waals surface area contributed by atoms with E-state index in [-0.39, 0.29) is 36.3 Å². The molecule has 3 atom stereocenters. The molecule has 1 aliphatic rings. The molecule has 15 heavy (non-hydrogen) atoms. The van der Waals surface area contributed by atoms with Crippen molar-refractivity contribution in [2.45, 2.75) is 45.3 Å². The third-order valence-electron chi connectivity index (χ3n) is 2.82. The molecule has 0 aromatic carbocycles. The van der Waals surface area contributed by atoms with Gasteiger partial charge in [0.05, 0.1) is 19.6 Å². The van der Waals surface area contributed by atoms with Crippen LogP contribution in [0.4, 0.5) is 0 Å². The first-order chi connectivity index (χ1) is 7.04. The van der Waals surface area contributed by atoms with E-state index in [1.54, 1.807) is 0 Å². The second-order valence-corrected chi connectivity index (χ2v) is 4.12. The van der Waals surface area contributed by atoms with Crippen LogP contribution in [0.15, 0.2) is 0 Å². The summed E-state index contributed by atoms with van der Waals surface area (Å²) < 4.78 is 10.2. The van der Waals surface area contributed by atoms with E-state index in [9.17, 15) is 9.59 Å². The minimum Gasteiger partial charge on any atom is -0.469 e. The van der Waals surface area contributed by atoms with Crippen LogP contribution < -0.4 is 0 Å². The molecule has 0 radical (unpaired) electrons. The lowest BCUT2D eigenvalue weighted by atomic mass is 9.90. The van der Waals surface area contributed by atoms with Gasteiger partial charge >= 0.3 is 5.97 Å². The molecule has 1 rings (SSSR count). The molecule has 4 nitrogen and oxygen atoms in total. The van der Waals surface area contributed by atoms with Crippen molar-refractivity contribution in [3.05, 3.63) is 0 Å². The van der Waals surface area contributed by atoms with Crippen LogP contribution in [0.5, 0.6) is 0 Å². The summed E-state index contributed by atoms with van der Waals surface area (Å²) in [5.41, 5.74) is 0. The summed E-state index contributed by atoms with van der Waals surface area (Å²) in [6.45, 7) is 3.53. The lowest BCUT2D eigenvalue weighted by Crippen LogP contribution is -2.39. The fourth-order valence-electron chi connectivity index (χ4n) is 1.93. The van der Waals surface area contributed by atoms with E-state index in [0.29, 0.717) is 0 Å². The van der Waals surface area contributed by atoms with E-state index in [2.05, 4.69) is 4.74 Å². The molecule has 0 aromatic heterocycles. The molecule has 1 aliphatic heterocycles. The van der Waals surface area contributed by atoms with Crippen LogP contribution in [0, 0.1) is 5.92 Å². The fraction of sp³-hybridized carbons (Fsp3) is 0.818. The van der Waals surface area contributed by atoms with Crippen molar-refractivity contribution >= 4 is 11.8 Å². The Hall–Kier alpha value is -0.900. The second-order valence-electron chi connectivity index (χ2n) is 4.12. The fourth-order valence-corrected chi connectivity index (χ4v) is 1.93. The number of esters is 1. The van der Waals surface area contributed by atoms with Crippen molar-refractivity contribution in [3.63, 3.8) is 0 Å². The molecule has 0 unspecified atom stereocenters. The van der Waals surface area contributed by atoms with Crippen LogP contribution in [-0.4, -0.2) is 31.1 Å². The Balaban J connectivity index is 2.50. The summed E-state index contributed by atoms with van der Waals surface area (Å²) in [5, 5.41) is 0. The van der Waals surface area contributed by atoms with Gasteiger partial charge in [0.2, 0.25) is 0 Å². The van der Waals surface area contributed by atoms with E-state index in [0.717, 1.165) is 12.8 Å². The second kappa shape index (κ2) is 5.26. The highest BCUT2D eigenvalue weighted by Crippen LogP contribution is 2.26. The molecule has 0 spiro atoms. The van der Waals surface area contributed by atoms with Crippen LogP contribution in [0.3, 0.4) is 0 Å². The number of Topliss-reactive ketones (excluding diaryl/α,β-unsaturated/α-hetero) is 1. The highest BCUT2D eigenvalue weighted by molar-refractivity contribution is 5.81. The molecular weight excluding hydrogens is 196 g/mol. The Labute approximate surface area is 89.9 Å². The standard InChI is InChI=1S/C11H18O4/c1-7-4-5-9(6-10(13)14-3)15-11(7)8(2)12/h7,9,11H,4-6H2,1-3H3/t7-,9+,11-/m0/s1. The van der Waals surface area contributed by atoms with Crippen LogP contribution in [0.25, 0.3) is 0 Å². The van der Waals surface area contributed by atoms with E-state index >= 15 is 0 Å². The maximum atomic E-state index is 11.3. The SMILES string of the molecule is COC(=O)C[C@H]1CC[C@H](C)[C@@H](C(C)=O)O1. The molecule has 1 heterocycles. The number of ketones is 1. The largest absolute Gasteiger partial charge is 0.469 e. The van der Waals surface area contributed by atoms with Crippen LogP contribution in [0.2, 0.25) is 0 Å². The number of ether oxygens (including phenoxy) is 2. The Bertz CT molecular complexity index is 249.